The van der Waals surface area contributed by atoms with Gasteiger partial charge in [0.25, 0.3) is 0 Å². The molecule has 0 heterocycles. The lowest BCUT2D eigenvalue weighted by atomic mass is 10.0. The van der Waals surface area contributed by atoms with E-state index in [1.165, 1.54) is 5.56 Å². The molecule has 1 amide bonds. The molecular formula is C16H22BrNO2. The Kier molecular flexibility index (Phi) is 4.14. The van der Waals surface area contributed by atoms with Gasteiger partial charge in [0.2, 0.25) is 0 Å². The van der Waals surface area contributed by atoms with Gasteiger partial charge in [-0.3, -0.25) is 0 Å². The van der Waals surface area contributed by atoms with Crippen LogP contribution in [-0.2, 0) is 4.74 Å². The molecule has 20 heavy (non-hydrogen) atoms. The van der Waals surface area contributed by atoms with E-state index in [9.17, 15) is 4.79 Å². The summed E-state index contributed by atoms with van der Waals surface area (Å²) in [6.07, 6.45) is 1.57. The van der Waals surface area contributed by atoms with Gasteiger partial charge in [0, 0.05) is 10.4 Å². The van der Waals surface area contributed by atoms with Gasteiger partial charge in [0.1, 0.15) is 5.60 Å². The smallest absolute Gasteiger partial charge is 0.408 e. The fourth-order valence-corrected chi connectivity index (χ4v) is 2.83. The average molecular weight is 340 g/mol. The molecule has 0 spiro atoms. The van der Waals surface area contributed by atoms with Gasteiger partial charge in [-0.25, -0.2) is 4.79 Å². The van der Waals surface area contributed by atoms with E-state index < -0.39 is 5.60 Å². The number of carbonyl (C=O) groups is 1. The quantitative estimate of drug-likeness (QED) is 0.873. The van der Waals surface area contributed by atoms with Gasteiger partial charge in [-0.15, -0.1) is 0 Å². The van der Waals surface area contributed by atoms with Crippen LogP contribution in [0.25, 0.3) is 0 Å². The standard InChI is InChI=1S/C16H22BrNO2/c1-5-16(18-14(19)20-15(2,3)4)10-13(16)11-6-8-12(17)9-7-11/h6-9,13H,5,10H2,1-4H3,(H,18,19). The Balaban J connectivity index is 2.03. The molecule has 2 unspecified atom stereocenters. The van der Waals surface area contributed by atoms with Gasteiger partial charge in [0.05, 0.1) is 5.54 Å². The number of rotatable bonds is 3. The number of nitrogens with one attached hydrogen (secondary N) is 1. The second-order valence-electron chi connectivity index (χ2n) is 6.44. The number of ether oxygens (including phenoxy) is 1. The van der Waals surface area contributed by atoms with Crippen LogP contribution in [0.1, 0.15) is 52.0 Å². The molecule has 1 aliphatic rings. The molecule has 3 nitrogen and oxygen atoms in total. The van der Waals surface area contributed by atoms with Crippen molar-refractivity contribution in [3.8, 4) is 0 Å². The highest BCUT2D eigenvalue weighted by Crippen LogP contribution is 2.53. The van der Waals surface area contributed by atoms with Crippen LogP contribution < -0.4 is 5.32 Å². The number of halogens is 1. The molecule has 4 heteroatoms. The first-order valence-corrected chi connectivity index (χ1v) is 7.82. The van der Waals surface area contributed by atoms with E-state index in [-0.39, 0.29) is 11.6 Å². The summed E-state index contributed by atoms with van der Waals surface area (Å²) in [6, 6.07) is 8.31. The number of carbonyl (C=O) groups excluding carboxylic acids is 1. The maximum absolute atomic E-state index is 12.0. The molecule has 0 saturated heterocycles. The number of alkyl carbamates (subject to hydrolysis) is 1. The largest absolute Gasteiger partial charge is 0.444 e. The first kappa shape index (κ1) is 15.4. The summed E-state index contributed by atoms with van der Waals surface area (Å²) < 4.78 is 6.43. The summed E-state index contributed by atoms with van der Waals surface area (Å²) in [5.74, 6) is 0.383. The van der Waals surface area contributed by atoms with Crippen molar-refractivity contribution in [2.24, 2.45) is 0 Å². The highest BCUT2D eigenvalue weighted by Gasteiger charge is 2.54. The Labute approximate surface area is 129 Å². The molecule has 0 aliphatic heterocycles. The number of amides is 1. The fourth-order valence-electron chi connectivity index (χ4n) is 2.56. The Morgan fingerprint density at radius 2 is 2.00 bits per heavy atom. The lowest BCUT2D eigenvalue weighted by Crippen LogP contribution is -2.41. The molecule has 110 valence electrons. The summed E-state index contributed by atoms with van der Waals surface area (Å²) in [7, 11) is 0. The highest BCUT2D eigenvalue weighted by atomic mass is 79.9. The van der Waals surface area contributed by atoms with Crippen molar-refractivity contribution in [3.05, 3.63) is 34.3 Å². The van der Waals surface area contributed by atoms with Crippen LogP contribution in [0, 0.1) is 0 Å². The van der Waals surface area contributed by atoms with Gasteiger partial charge in [0.15, 0.2) is 0 Å². The predicted octanol–water partition coefficient (Wildman–Crippen LogP) is 4.61. The molecule has 0 aromatic heterocycles. The SMILES string of the molecule is CCC1(NC(=O)OC(C)(C)C)CC1c1ccc(Br)cc1. The van der Waals surface area contributed by atoms with Gasteiger partial charge in [-0.2, -0.15) is 0 Å². The zero-order chi connectivity index (χ0) is 15.0. The molecule has 1 saturated carbocycles. The molecule has 1 aliphatic carbocycles. The minimum absolute atomic E-state index is 0.143. The van der Waals surface area contributed by atoms with Crippen LogP contribution in [0.15, 0.2) is 28.7 Å². The molecule has 1 aromatic carbocycles. The third-order valence-corrected chi connectivity index (χ3v) is 4.26. The Hall–Kier alpha value is -1.03. The van der Waals surface area contributed by atoms with Crippen molar-refractivity contribution in [1.29, 1.82) is 0 Å². The van der Waals surface area contributed by atoms with Crippen LogP contribution in [0.5, 0.6) is 0 Å². The van der Waals surface area contributed by atoms with Crippen LogP contribution in [0.3, 0.4) is 0 Å². The summed E-state index contributed by atoms with van der Waals surface area (Å²) in [5, 5.41) is 3.06. The topological polar surface area (TPSA) is 38.3 Å². The third-order valence-electron chi connectivity index (χ3n) is 3.73. The molecule has 1 N–H and O–H groups in total. The minimum atomic E-state index is -0.457. The second kappa shape index (κ2) is 5.40. The highest BCUT2D eigenvalue weighted by molar-refractivity contribution is 9.10. The van der Waals surface area contributed by atoms with Crippen LogP contribution in [0.4, 0.5) is 4.79 Å². The van der Waals surface area contributed by atoms with Crippen molar-refractivity contribution in [1.82, 2.24) is 5.32 Å². The average Bonchev–Trinajstić information content (AvgIpc) is 3.02. The van der Waals surface area contributed by atoms with E-state index in [0.29, 0.717) is 5.92 Å². The Morgan fingerprint density at radius 3 is 2.50 bits per heavy atom. The Morgan fingerprint density at radius 1 is 1.40 bits per heavy atom. The fraction of sp³-hybridized carbons (Fsp3) is 0.562. The van der Waals surface area contributed by atoms with E-state index in [1.54, 1.807) is 0 Å². The second-order valence-corrected chi connectivity index (χ2v) is 7.36. The molecular weight excluding hydrogens is 318 g/mol. The molecule has 2 rings (SSSR count). The maximum atomic E-state index is 12.0. The van der Waals surface area contributed by atoms with Crippen molar-refractivity contribution >= 4 is 22.0 Å². The van der Waals surface area contributed by atoms with Gasteiger partial charge >= 0.3 is 6.09 Å². The maximum Gasteiger partial charge on any atom is 0.408 e. The van der Waals surface area contributed by atoms with Crippen molar-refractivity contribution in [2.45, 2.75) is 57.6 Å². The van der Waals surface area contributed by atoms with E-state index >= 15 is 0 Å². The van der Waals surface area contributed by atoms with E-state index in [4.69, 9.17) is 4.74 Å². The van der Waals surface area contributed by atoms with E-state index in [0.717, 1.165) is 17.3 Å². The molecule has 2 atom stereocenters. The molecule has 0 bridgehead atoms. The first-order chi connectivity index (χ1) is 9.26. The molecule has 1 aromatic rings. The van der Waals surface area contributed by atoms with Crippen molar-refractivity contribution < 1.29 is 9.53 Å². The van der Waals surface area contributed by atoms with Gasteiger partial charge in [-0.1, -0.05) is 35.0 Å². The van der Waals surface area contributed by atoms with Gasteiger partial charge < -0.3 is 10.1 Å². The molecule has 0 radical (unpaired) electrons. The van der Waals surface area contributed by atoms with E-state index in [2.05, 4.69) is 40.3 Å². The normalized spacial score (nSPS) is 25.1. The summed E-state index contributed by atoms with van der Waals surface area (Å²) in [4.78, 5) is 12.0. The van der Waals surface area contributed by atoms with Gasteiger partial charge in [-0.05, 0) is 51.3 Å². The van der Waals surface area contributed by atoms with Crippen molar-refractivity contribution in [3.63, 3.8) is 0 Å². The zero-order valence-electron chi connectivity index (χ0n) is 12.5. The Bertz CT molecular complexity index is 492. The first-order valence-electron chi connectivity index (χ1n) is 7.02. The third kappa shape index (κ3) is 3.54. The van der Waals surface area contributed by atoms with Crippen molar-refractivity contribution in [2.75, 3.05) is 0 Å². The summed E-state index contributed by atoms with van der Waals surface area (Å²) in [5.41, 5.74) is 0.670. The summed E-state index contributed by atoms with van der Waals surface area (Å²) in [6.45, 7) is 7.75. The zero-order valence-corrected chi connectivity index (χ0v) is 14.1. The lowest BCUT2D eigenvalue weighted by Gasteiger charge is -2.23. The number of hydrogen-bond donors (Lipinski definition) is 1. The van der Waals surface area contributed by atoms with E-state index in [1.807, 2.05) is 32.9 Å². The molecule has 1 fully saturated rings. The van der Waals surface area contributed by atoms with Crippen LogP contribution in [-0.4, -0.2) is 17.2 Å². The number of hydrogen-bond acceptors (Lipinski definition) is 2. The number of benzene rings is 1. The monoisotopic (exact) mass is 339 g/mol. The minimum Gasteiger partial charge on any atom is -0.444 e. The predicted molar refractivity (Wildman–Crippen MR) is 83.9 cm³/mol. The van der Waals surface area contributed by atoms with Crippen LogP contribution in [0.2, 0.25) is 0 Å². The lowest BCUT2D eigenvalue weighted by molar-refractivity contribution is 0.0493. The van der Waals surface area contributed by atoms with Crippen LogP contribution >= 0.6 is 15.9 Å². The summed E-state index contributed by atoms with van der Waals surface area (Å²) >= 11 is 3.44.